The lowest BCUT2D eigenvalue weighted by Gasteiger charge is -2.35. The molecule has 1 aliphatic rings. The molecule has 1 fully saturated rings. The van der Waals surface area contributed by atoms with Gasteiger partial charge in [-0.3, -0.25) is 10.1 Å². The first-order chi connectivity index (χ1) is 8.97. The number of rotatable bonds is 3. The Kier molecular flexibility index (Phi) is 4.36. The molecule has 2 unspecified atom stereocenters. The number of nitro groups is 1. The third-order valence-electron chi connectivity index (χ3n) is 3.47. The molecule has 1 saturated heterocycles. The van der Waals surface area contributed by atoms with Crippen LogP contribution in [0.25, 0.3) is 0 Å². The van der Waals surface area contributed by atoms with Crippen molar-refractivity contribution in [3.63, 3.8) is 0 Å². The van der Waals surface area contributed by atoms with Gasteiger partial charge in [0.05, 0.1) is 9.40 Å². The van der Waals surface area contributed by atoms with Crippen molar-refractivity contribution in [2.75, 3.05) is 25.5 Å². The van der Waals surface area contributed by atoms with Crippen molar-refractivity contribution < 1.29 is 4.92 Å². The number of nitrogens with one attached hydrogen (secondary N) is 1. The molecule has 0 spiro atoms. The molecule has 0 radical (unpaired) electrons. The standard InChI is InChI=1S/C12H17BrN4O2/c1-8-7-16(2)4-3-11(8)15-12-10(13)5-9(6-14-12)17(18)19/h5-6,8,11H,3-4,7H2,1-2H3,(H,14,15). The average Bonchev–Trinajstić information content (AvgIpc) is 2.34. The summed E-state index contributed by atoms with van der Waals surface area (Å²) >= 11 is 3.33. The van der Waals surface area contributed by atoms with Crippen LogP contribution >= 0.6 is 15.9 Å². The summed E-state index contributed by atoms with van der Waals surface area (Å²) in [5.41, 5.74) is -0.00569. The molecule has 0 aliphatic carbocycles. The lowest BCUT2D eigenvalue weighted by atomic mass is 9.94. The van der Waals surface area contributed by atoms with Crippen molar-refractivity contribution in [1.82, 2.24) is 9.88 Å². The van der Waals surface area contributed by atoms with Crippen molar-refractivity contribution in [3.8, 4) is 0 Å². The molecular weight excluding hydrogens is 312 g/mol. The van der Waals surface area contributed by atoms with Crippen LogP contribution in [-0.4, -0.2) is 41.0 Å². The fourth-order valence-electron chi connectivity index (χ4n) is 2.38. The Morgan fingerprint density at radius 1 is 1.63 bits per heavy atom. The van der Waals surface area contributed by atoms with Gasteiger partial charge in [-0.25, -0.2) is 4.98 Å². The zero-order chi connectivity index (χ0) is 14.0. The molecule has 0 saturated carbocycles. The number of anilines is 1. The van der Waals surface area contributed by atoms with Gasteiger partial charge in [0.1, 0.15) is 12.0 Å². The summed E-state index contributed by atoms with van der Waals surface area (Å²) < 4.78 is 0.632. The van der Waals surface area contributed by atoms with Crippen molar-refractivity contribution in [2.45, 2.75) is 19.4 Å². The summed E-state index contributed by atoms with van der Waals surface area (Å²) in [5, 5.41) is 14.0. The van der Waals surface area contributed by atoms with Gasteiger partial charge in [0.2, 0.25) is 0 Å². The van der Waals surface area contributed by atoms with Crippen LogP contribution in [0.3, 0.4) is 0 Å². The molecule has 2 rings (SSSR count). The second kappa shape index (κ2) is 5.83. The van der Waals surface area contributed by atoms with Gasteiger partial charge in [0, 0.05) is 18.7 Å². The summed E-state index contributed by atoms with van der Waals surface area (Å²) in [6, 6.07) is 1.83. The number of pyridine rings is 1. The van der Waals surface area contributed by atoms with Crippen molar-refractivity contribution in [3.05, 3.63) is 26.9 Å². The largest absolute Gasteiger partial charge is 0.366 e. The lowest BCUT2D eigenvalue weighted by molar-refractivity contribution is -0.385. The second-order valence-corrected chi connectivity index (χ2v) is 5.91. The lowest BCUT2D eigenvalue weighted by Crippen LogP contribution is -2.43. The summed E-state index contributed by atoms with van der Waals surface area (Å²) in [4.78, 5) is 16.7. The fraction of sp³-hybridized carbons (Fsp3) is 0.583. The molecule has 6 nitrogen and oxygen atoms in total. The Bertz CT molecular complexity index is 483. The zero-order valence-corrected chi connectivity index (χ0v) is 12.6. The monoisotopic (exact) mass is 328 g/mol. The van der Waals surface area contributed by atoms with Gasteiger partial charge in [0.25, 0.3) is 5.69 Å². The number of aromatic nitrogens is 1. The normalized spacial score (nSPS) is 24.2. The molecule has 1 aromatic heterocycles. The van der Waals surface area contributed by atoms with Crippen LogP contribution in [0.5, 0.6) is 0 Å². The van der Waals surface area contributed by atoms with Crippen LogP contribution in [0.15, 0.2) is 16.7 Å². The molecule has 0 amide bonds. The summed E-state index contributed by atoms with van der Waals surface area (Å²) in [6.45, 7) is 4.29. The third kappa shape index (κ3) is 3.42. The van der Waals surface area contributed by atoms with E-state index in [0.29, 0.717) is 22.3 Å². The van der Waals surface area contributed by atoms with E-state index in [1.165, 1.54) is 12.3 Å². The number of likely N-dealkylation sites (tertiary alicyclic amines) is 1. The highest BCUT2D eigenvalue weighted by atomic mass is 79.9. The number of piperidine rings is 1. The van der Waals surface area contributed by atoms with Gasteiger partial charge in [-0.1, -0.05) is 6.92 Å². The molecule has 1 aromatic rings. The van der Waals surface area contributed by atoms with E-state index in [4.69, 9.17) is 0 Å². The summed E-state index contributed by atoms with van der Waals surface area (Å²) in [5.74, 6) is 1.19. The molecule has 7 heteroatoms. The van der Waals surface area contributed by atoms with Crippen LogP contribution in [0.2, 0.25) is 0 Å². The van der Waals surface area contributed by atoms with E-state index in [0.717, 1.165) is 19.5 Å². The van der Waals surface area contributed by atoms with E-state index in [9.17, 15) is 10.1 Å². The summed E-state index contributed by atoms with van der Waals surface area (Å²) in [7, 11) is 2.12. The molecule has 2 atom stereocenters. The quantitative estimate of drug-likeness (QED) is 0.681. The van der Waals surface area contributed by atoms with E-state index in [1.807, 2.05) is 0 Å². The van der Waals surface area contributed by atoms with Crippen LogP contribution in [0.1, 0.15) is 13.3 Å². The fourth-order valence-corrected chi connectivity index (χ4v) is 2.83. The van der Waals surface area contributed by atoms with Gasteiger partial charge < -0.3 is 10.2 Å². The second-order valence-electron chi connectivity index (χ2n) is 5.06. The Balaban J connectivity index is 2.09. The summed E-state index contributed by atoms with van der Waals surface area (Å²) in [6.07, 6.45) is 2.33. The molecule has 104 valence electrons. The van der Waals surface area contributed by atoms with Crippen LogP contribution < -0.4 is 5.32 Å². The maximum absolute atomic E-state index is 10.7. The predicted molar refractivity (Wildman–Crippen MR) is 77.3 cm³/mol. The molecule has 1 aliphatic heterocycles. The Morgan fingerprint density at radius 3 is 2.95 bits per heavy atom. The first kappa shape index (κ1) is 14.2. The van der Waals surface area contributed by atoms with E-state index in [1.54, 1.807) is 0 Å². The minimum absolute atomic E-state index is 0.00569. The highest BCUT2D eigenvalue weighted by Gasteiger charge is 2.25. The van der Waals surface area contributed by atoms with E-state index in [-0.39, 0.29) is 5.69 Å². The van der Waals surface area contributed by atoms with E-state index < -0.39 is 4.92 Å². The SMILES string of the molecule is CC1CN(C)CCC1Nc1ncc([N+](=O)[O-])cc1Br. The number of hydrogen-bond acceptors (Lipinski definition) is 5. The Morgan fingerprint density at radius 2 is 2.37 bits per heavy atom. The van der Waals surface area contributed by atoms with Gasteiger partial charge in [-0.2, -0.15) is 0 Å². The molecule has 0 bridgehead atoms. The smallest absolute Gasteiger partial charge is 0.288 e. The molecule has 2 heterocycles. The van der Waals surface area contributed by atoms with Crippen LogP contribution in [0, 0.1) is 16.0 Å². The highest BCUT2D eigenvalue weighted by Crippen LogP contribution is 2.27. The topological polar surface area (TPSA) is 71.3 Å². The van der Waals surface area contributed by atoms with Crippen LogP contribution in [0.4, 0.5) is 11.5 Å². The molecule has 19 heavy (non-hydrogen) atoms. The van der Waals surface area contributed by atoms with Crippen molar-refractivity contribution in [2.24, 2.45) is 5.92 Å². The molecule has 0 aromatic carbocycles. The van der Waals surface area contributed by atoms with Crippen LogP contribution in [-0.2, 0) is 0 Å². The van der Waals surface area contributed by atoms with Gasteiger partial charge in [-0.05, 0) is 41.9 Å². The van der Waals surface area contributed by atoms with E-state index >= 15 is 0 Å². The first-order valence-corrected chi connectivity index (χ1v) is 7.01. The Hall–Kier alpha value is -1.21. The maximum atomic E-state index is 10.7. The van der Waals surface area contributed by atoms with E-state index in [2.05, 4.69) is 45.1 Å². The van der Waals surface area contributed by atoms with Crippen molar-refractivity contribution >= 4 is 27.4 Å². The first-order valence-electron chi connectivity index (χ1n) is 6.22. The number of nitrogens with zero attached hydrogens (tertiary/aromatic N) is 3. The number of hydrogen-bond donors (Lipinski definition) is 1. The minimum atomic E-state index is -0.445. The molecule has 1 N–H and O–H groups in total. The van der Waals surface area contributed by atoms with Crippen molar-refractivity contribution in [1.29, 1.82) is 0 Å². The molecular formula is C12H17BrN4O2. The average molecular weight is 329 g/mol. The maximum Gasteiger partial charge on any atom is 0.288 e. The third-order valence-corrected chi connectivity index (χ3v) is 4.07. The minimum Gasteiger partial charge on any atom is -0.366 e. The Labute approximate surface area is 120 Å². The number of halogens is 1. The predicted octanol–water partition coefficient (Wildman–Crippen LogP) is 2.50. The van der Waals surface area contributed by atoms with Gasteiger partial charge >= 0.3 is 0 Å². The zero-order valence-electron chi connectivity index (χ0n) is 11.0. The van der Waals surface area contributed by atoms with Gasteiger partial charge in [0.15, 0.2) is 0 Å². The highest BCUT2D eigenvalue weighted by molar-refractivity contribution is 9.10. The van der Waals surface area contributed by atoms with Gasteiger partial charge in [-0.15, -0.1) is 0 Å².